The van der Waals surface area contributed by atoms with Crippen LogP contribution in [0.5, 0.6) is 0 Å². The lowest BCUT2D eigenvalue weighted by atomic mass is 10.0. The molecule has 2 aromatic rings. The molecule has 1 saturated heterocycles. The van der Waals surface area contributed by atoms with Crippen molar-refractivity contribution in [1.29, 1.82) is 0 Å². The van der Waals surface area contributed by atoms with E-state index in [1.54, 1.807) is 30.5 Å². The highest BCUT2D eigenvalue weighted by Crippen LogP contribution is 2.29. The van der Waals surface area contributed by atoms with Crippen LogP contribution in [-0.2, 0) is 9.47 Å². The third kappa shape index (κ3) is 4.49. The van der Waals surface area contributed by atoms with E-state index in [2.05, 4.69) is 14.9 Å². The number of nitrogens with zero attached hydrogens (tertiary/aromatic N) is 5. The van der Waals surface area contributed by atoms with Crippen molar-refractivity contribution in [2.24, 2.45) is 0 Å². The summed E-state index contributed by atoms with van der Waals surface area (Å²) in [4.78, 5) is 30.1. The highest BCUT2D eigenvalue weighted by atomic mass is 16.6. The molecule has 8 nitrogen and oxygen atoms in total. The smallest absolute Gasteiger partial charge is 0.410 e. The minimum absolute atomic E-state index is 0.208. The lowest BCUT2D eigenvalue weighted by Crippen LogP contribution is -2.37. The number of ether oxygens (including phenoxy) is 2. The molecule has 28 heavy (non-hydrogen) atoms. The van der Waals surface area contributed by atoms with Crippen molar-refractivity contribution < 1.29 is 14.3 Å². The fourth-order valence-corrected chi connectivity index (χ4v) is 3.30. The van der Waals surface area contributed by atoms with Crippen molar-refractivity contribution in [1.82, 2.24) is 19.9 Å². The second-order valence-corrected chi connectivity index (χ2v) is 7.94. The van der Waals surface area contributed by atoms with Crippen LogP contribution in [0.15, 0.2) is 18.6 Å². The Bertz CT molecular complexity index is 830. The van der Waals surface area contributed by atoms with E-state index in [-0.39, 0.29) is 12.1 Å². The van der Waals surface area contributed by atoms with Crippen LogP contribution in [-0.4, -0.2) is 64.9 Å². The van der Waals surface area contributed by atoms with E-state index in [4.69, 9.17) is 14.5 Å². The lowest BCUT2D eigenvalue weighted by Gasteiger charge is -2.31. The normalized spacial score (nSPS) is 16.1. The van der Waals surface area contributed by atoms with Crippen molar-refractivity contribution in [3.63, 3.8) is 0 Å². The van der Waals surface area contributed by atoms with Crippen LogP contribution < -0.4 is 4.90 Å². The molecular formula is C20H29N5O3. The average molecular weight is 387 g/mol. The summed E-state index contributed by atoms with van der Waals surface area (Å²) in [6, 6.07) is -0.208. The summed E-state index contributed by atoms with van der Waals surface area (Å²) in [5.41, 5.74) is 1.80. The first-order valence-corrected chi connectivity index (χ1v) is 9.69. The van der Waals surface area contributed by atoms with Crippen LogP contribution in [0.2, 0.25) is 0 Å². The van der Waals surface area contributed by atoms with Gasteiger partial charge in [0.05, 0.1) is 37.2 Å². The van der Waals surface area contributed by atoms with Crippen molar-refractivity contribution in [3.05, 3.63) is 24.2 Å². The zero-order valence-electron chi connectivity index (χ0n) is 17.3. The van der Waals surface area contributed by atoms with Gasteiger partial charge in [-0.3, -0.25) is 4.98 Å². The summed E-state index contributed by atoms with van der Waals surface area (Å²) >= 11 is 0. The van der Waals surface area contributed by atoms with Gasteiger partial charge in [-0.1, -0.05) is 6.92 Å². The van der Waals surface area contributed by atoms with Gasteiger partial charge in [-0.2, -0.15) is 0 Å². The largest absolute Gasteiger partial charge is 0.444 e. The molecule has 3 rings (SSSR count). The molecule has 1 atom stereocenters. The Balaban J connectivity index is 1.96. The third-order valence-corrected chi connectivity index (χ3v) is 4.70. The molecule has 3 heterocycles. The maximum atomic E-state index is 12.6. The zero-order valence-corrected chi connectivity index (χ0v) is 17.3. The van der Waals surface area contributed by atoms with Gasteiger partial charge in [0.25, 0.3) is 0 Å². The Morgan fingerprint density at radius 3 is 2.64 bits per heavy atom. The van der Waals surface area contributed by atoms with E-state index in [9.17, 15) is 4.79 Å². The number of carbonyl (C=O) groups excluding carboxylic acids is 1. The molecular weight excluding hydrogens is 358 g/mol. The molecule has 0 radical (unpaired) electrons. The topological polar surface area (TPSA) is 80.7 Å². The summed E-state index contributed by atoms with van der Waals surface area (Å²) in [7, 11) is 1.75. The number of fused-ring (bicyclic) bond motifs is 1. The molecule has 0 aromatic carbocycles. The van der Waals surface area contributed by atoms with Crippen LogP contribution >= 0.6 is 0 Å². The molecule has 0 N–H and O–H groups in total. The van der Waals surface area contributed by atoms with E-state index in [0.29, 0.717) is 25.2 Å². The molecule has 2 aromatic heterocycles. The molecule has 1 unspecified atom stereocenters. The SMILES string of the molecule is CCC(c1cncc2ncc(N3CCOCC3)nc12)N(C)C(=O)OC(C)(C)C. The number of anilines is 1. The number of amides is 1. The molecule has 8 heteroatoms. The Kier molecular flexibility index (Phi) is 5.98. The van der Waals surface area contributed by atoms with Gasteiger partial charge in [-0.05, 0) is 27.2 Å². The highest BCUT2D eigenvalue weighted by Gasteiger charge is 2.27. The standard InChI is InChI=1S/C20H29N5O3/c1-6-16(24(5)19(26)28-20(2,3)4)14-11-21-12-15-18(14)23-17(13-22-15)25-7-9-27-10-8-25/h11-13,16H,6-10H2,1-5H3. The highest BCUT2D eigenvalue weighted by molar-refractivity contribution is 5.79. The molecule has 1 amide bonds. The van der Waals surface area contributed by atoms with Crippen LogP contribution in [0.1, 0.15) is 45.7 Å². The average Bonchev–Trinajstić information content (AvgIpc) is 2.67. The summed E-state index contributed by atoms with van der Waals surface area (Å²) in [5.74, 6) is 0.818. The number of aromatic nitrogens is 3. The number of hydrogen-bond acceptors (Lipinski definition) is 7. The van der Waals surface area contributed by atoms with Gasteiger partial charge in [0.15, 0.2) is 0 Å². The summed E-state index contributed by atoms with van der Waals surface area (Å²) in [6.07, 6.45) is 5.59. The Morgan fingerprint density at radius 2 is 2.00 bits per heavy atom. The van der Waals surface area contributed by atoms with E-state index >= 15 is 0 Å². The van der Waals surface area contributed by atoms with E-state index in [0.717, 1.165) is 30.0 Å². The van der Waals surface area contributed by atoms with Crippen molar-refractivity contribution >= 4 is 22.9 Å². The summed E-state index contributed by atoms with van der Waals surface area (Å²) in [5, 5.41) is 0. The Morgan fingerprint density at radius 1 is 1.29 bits per heavy atom. The molecule has 1 aliphatic rings. The number of morpholine rings is 1. The molecule has 152 valence electrons. The lowest BCUT2D eigenvalue weighted by molar-refractivity contribution is 0.0216. The van der Waals surface area contributed by atoms with E-state index < -0.39 is 5.60 Å². The summed E-state index contributed by atoms with van der Waals surface area (Å²) in [6.45, 7) is 10.6. The quantitative estimate of drug-likeness (QED) is 0.797. The molecule has 0 aliphatic carbocycles. The molecule has 0 spiro atoms. The predicted octanol–water partition coefficient (Wildman–Crippen LogP) is 3.18. The number of rotatable bonds is 4. The molecule has 1 aliphatic heterocycles. The van der Waals surface area contributed by atoms with E-state index in [1.165, 1.54) is 0 Å². The van der Waals surface area contributed by atoms with Gasteiger partial charge < -0.3 is 19.3 Å². The van der Waals surface area contributed by atoms with Gasteiger partial charge in [0.2, 0.25) is 0 Å². The number of carbonyl (C=O) groups is 1. The van der Waals surface area contributed by atoms with Crippen LogP contribution in [0.3, 0.4) is 0 Å². The van der Waals surface area contributed by atoms with Crippen molar-refractivity contribution in [3.8, 4) is 0 Å². The number of pyridine rings is 1. The Labute approximate surface area is 165 Å². The third-order valence-electron chi connectivity index (χ3n) is 4.70. The van der Waals surface area contributed by atoms with Gasteiger partial charge in [-0.25, -0.2) is 14.8 Å². The van der Waals surface area contributed by atoms with Crippen molar-refractivity contribution in [2.75, 3.05) is 38.3 Å². The molecule has 1 fully saturated rings. The second kappa shape index (κ2) is 8.26. The minimum atomic E-state index is -0.552. The number of hydrogen-bond donors (Lipinski definition) is 0. The fourth-order valence-electron chi connectivity index (χ4n) is 3.30. The molecule has 0 saturated carbocycles. The van der Waals surface area contributed by atoms with Gasteiger partial charge in [0.1, 0.15) is 16.9 Å². The van der Waals surface area contributed by atoms with Crippen molar-refractivity contribution in [2.45, 2.75) is 45.8 Å². The first kappa shape index (κ1) is 20.3. The predicted molar refractivity (Wildman–Crippen MR) is 107 cm³/mol. The second-order valence-electron chi connectivity index (χ2n) is 7.94. The summed E-state index contributed by atoms with van der Waals surface area (Å²) < 4.78 is 11.0. The van der Waals surface area contributed by atoms with Crippen LogP contribution in [0.4, 0.5) is 10.6 Å². The van der Waals surface area contributed by atoms with Gasteiger partial charge >= 0.3 is 6.09 Å². The van der Waals surface area contributed by atoms with Crippen LogP contribution in [0.25, 0.3) is 11.0 Å². The maximum absolute atomic E-state index is 12.6. The minimum Gasteiger partial charge on any atom is -0.444 e. The van der Waals surface area contributed by atoms with E-state index in [1.807, 2.05) is 27.7 Å². The zero-order chi connectivity index (χ0) is 20.3. The monoisotopic (exact) mass is 387 g/mol. The fraction of sp³-hybridized carbons (Fsp3) is 0.600. The molecule has 0 bridgehead atoms. The first-order valence-electron chi connectivity index (χ1n) is 9.69. The van der Waals surface area contributed by atoms with Gasteiger partial charge in [-0.15, -0.1) is 0 Å². The van der Waals surface area contributed by atoms with Gasteiger partial charge in [0, 0.05) is 31.9 Å². The first-order chi connectivity index (χ1) is 13.3. The maximum Gasteiger partial charge on any atom is 0.410 e. The Hall–Kier alpha value is -2.48. The van der Waals surface area contributed by atoms with Crippen LogP contribution in [0, 0.1) is 0 Å².